The van der Waals surface area contributed by atoms with Gasteiger partial charge in [-0.05, 0) is 43.4 Å². The summed E-state index contributed by atoms with van der Waals surface area (Å²) >= 11 is 2.06. The molecule has 4 rings (SSSR count). The number of hydrogen-bond acceptors (Lipinski definition) is 4. The van der Waals surface area contributed by atoms with Crippen LogP contribution in [0.4, 0.5) is 0 Å². The van der Waals surface area contributed by atoms with Gasteiger partial charge in [-0.1, -0.05) is 6.07 Å². The molecule has 2 fully saturated rings. The van der Waals surface area contributed by atoms with Crippen molar-refractivity contribution in [2.24, 2.45) is 0 Å². The van der Waals surface area contributed by atoms with Gasteiger partial charge in [0.2, 0.25) is 6.79 Å². The van der Waals surface area contributed by atoms with Crippen LogP contribution in [-0.2, 0) is 5.60 Å². The molecule has 2 unspecified atom stereocenters. The molecule has 2 saturated heterocycles. The third kappa shape index (κ3) is 1.62. The van der Waals surface area contributed by atoms with Gasteiger partial charge in [0.1, 0.15) is 0 Å². The second kappa shape index (κ2) is 3.81. The molecular formula is C14H16O3S. The summed E-state index contributed by atoms with van der Waals surface area (Å²) in [6.45, 7) is 0.290. The minimum Gasteiger partial charge on any atom is -0.454 e. The van der Waals surface area contributed by atoms with Crippen LogP contribution in [0.2, 0.25) is 0 Å². The van der Waals surface area contributed by atoms with Gasteiger partial charge in [-0.2, -0.15) is 11.8 Å². The van der Waals surface area contributed by atoms with E-state index in [1.165, 1.54) is 12.8 Å². The number of benzene rings is 1. The van der Waals surface area contributed by atoms with Crippen LogP contribution in [0.5, 0.6) is 11.5 Å². The monoisotopic (exact) mass is 264 g/mol. The molecule has 3 heterocycles. The maximum Gasteiger partial charge on any atom is 0.231 e. The van der Waals surface area contributed by atoms with Gasteiger partial charge in [-0.15, -0.1) is 0 Å². The predicted octanol–water partition coefficient (Wildman–Crippen LogP) is 2.66. The van der Waals surface area contributed by atoms with Crippen molar-refractivity contribution < 1.29 is 14.6 Å². The zero-order chi connectivity index (χ0) is 12.2. The molecule has 0 radical (unpaired) electrons. The van der Waals surface area contributed by atoms with Crippen molar-refractivity contribution in [3.8, 4) is 11.5 Å². The summed E-state index contributed by atoms with van der Waals surface area (Å²) in [4.78, 5) is 0. The first-order valence-electron chi connectivity index (χ1n) is 6.51. The summed E-state index contributed by atoms with van der Waals surface area (Å²) in [6, 6.07) is 5.86. The summed E-state index contributed by atoms with van der Waals surface area (Å²) in [7, 11) is 0. The Bertz CT molecular complexity index is 476. The van der Waals surface area contributed by atoms with Crippen LogP contribution in [0.3, 0.4) is 0 Å². The van der Waals surface area contributed by atoms with Crippen molar-refractivity contribution >= 4 is 11.8 Å². The van der Waals surface area contributed by atoms with Gasteiger partial charge < -0.3 is 14.6 Å². The second-order valence-electron chi connectivity index (χ2n) is 5.47. The van der Waals surface area contributed by atoms with Gasteiger partial charge >= 0.3 is 0 Å². The highest BCUT2D eigenvalue weighted by Crippen LogP contribution is 2.52. The Hall–Kier alpha value is -0.870. The standard InChI is InChI=1S/C14H16O3S/c15-14(6-10-2-3-11(7-14)18-10)9-1-4-12-13(5-9)17-8-16-12/h1,4-5,10-11,15H,2-3,6-8H2. The van der Waals surface area contributed by atoms with Gasteiger partial charge in [0.25, 0.3) is 0 Å². The summed E-state index contributed by atoms with van der Waals surface area (Å²) < 4.78 is 10.7. The van der Waals surface area contributed by atoms with Gasteiger partial charge in [-0.3, -0.25) is 0 Å². The fourth-order valence-corrected chi connectivity index (χ4v) is 5.17. The first kappa shape index (κ1) is 11.0. The number of rotatable bonds is 1. The maximum absolute atomic E-state index is 10.9. The Morgan fingerprint density at radius 1 is 1.11 bits per heavy atom. The summed E-state index contributed by atoms with van der Waals surface area (Å²) in [5, 5.41) is 12.2. The first-order chi connectivity index (χ1) is 8.73. The third-order valence-electron chi connectivity index (χ3n) is 4.24. The topological polar surface area (TPSA) is 38.7 Å². The Morgan fingerprint density at radius 3 is 2.61 bits per heavy atom. The molecule has 0 spiro atoms. The minimum absolute atomic E-state index is 0.290. The van der Waals surface area contributed by atoms with E-state index in [-0.39, 0.29) is 6.79 Å². The Kier molecular flexibility index (Phi) is 2.33. The van der Waals surface area contributed by atoms with Crippen LogP contribution in [0.25, 0.3) is 0 Å². The van der Waals surface area contributed by atoms with E-state index in [9.17, 15) is 5.11 Å². The molecule has 0 saturated carbocycles. The predicted molar refractivity (Wildman–Crippen MR) is 70.1 cm³/mol. The fourth-order valence-electron chi connectivity index (χ4n) is 3.34. The fraction of sp³-hybridized carbons (Fsp3) is 0.571. The number of ether oxygens (including phenoxy) is 2. The first-order valence-corrected chi connectivity index (χ1v) is 7.45. The molecule has 0 amide bonds. The lowest BCUT2D eigenvalue weighted by Gasteiger charge is -2.36. The lowest BCUT2D eigenvalue weighted by atomic mass is 9.86. The van der Waals surface area contributed by atoms with Crippen LogP contribution in [0, 0.1) is 0 Å². The van der Waals surface area contributed by atoms with Gasteiger partial charge in [0, 0.05) is 10.5 Å². The molecule has 1 aromatic carbocycles. The smallest absolute Gasteiger partial charge is 0.231 e. The minimum atomic E-state index is -0.669. The van der Waals surface area contributed by atoms with Crippen LogP contribution in [-0.4, -0.2) is 22.4 Å². The van der Waals surface area contributed by atoms with Gasteiger partial charge in [0.15, 0.2) is 11.5 Å². The molecule has 2 atom stereocenters. The molecule has 1 aromatic rings. The zero-order valence-electron chi connectivity index (χ0n) is 10.1. The highest BCUT2D eigenvalue weighted by Gasteiger charge is 2.44. The average molecular weight is 264 g/mol. The molecular weight excluding hydrogens is 248 g/mol. The normalized spacial score (nSPS) is 36.9. The highest BCUT2D eigenvalue weighted by atomic mass is 32.2. The quantitative estimate of drug-likeness (QED) is 0.846. The van der Waals surface area contributed by atoms with Gasteiger partial charge in [0.05, 0.1) is 5.60 Å². The molecule has 0 aliphatic carbocycles. The second-order valence-corrected chi connectivity index (χ2v) is 7.07. The number of hydrogen-bond donors (Lipinski definition) is 1. The average Bonchev–Trinajstić information content (AvgIpc) is 2.95. The lowest BCUT2D eigenvalue weighted by molar-refractivity contribution is 0.0195. The maximum atomic E-state index is 10.9. The molecule has 2 bridgehead atoms. The molecule has 3 aliphatic heterocycles. The Labute approximate surface area is 110 Å². The number of aliphatic hydroxyl groups is 1. The summed E-state index contributed by atoms with van der Waals surface area (Å²) in [5.74, 6) is 1.56. The highest BCUT2D eigenvalue weighted by molar-refractivity contribution is 8.00. The number of fused-ring (bicyclic) bond motifs is 3. The van der Waals surface area contributed by atoms with E-state index in [1.54, 1.807) is 0 Å². The van der Waals surface area contributed by atoms with Crippen molar-refractivity contribution in [3.05, 3.63) is 23.8 Å². The van der Waals surface area contributed by atoms with E-state index in [4.69, 9.17) is 9.47 Å². The van der Waals surface area contributed by atoms with Crippen LogP contribution >= 0.6 is 11.8 Å². The molecule has 96 valence electrons. The van der Waals surface area contributed by atoms with E-state index in [2.05, 4.69) is 11.8 Å². The van der Waals surface area contributed by atoms with Crippen LogP contribution < -0.4 is 9.47 Å². The van der Waals surface area contributed by atoms with E-state index in [0.29, 0.717) is 10.5 Å². The largest absolute Gasteiger partial charge is 0.454 e. The van der Waals surface area contributed by atoms with E-state index in [1.807, 2.05) is 18.2 Å². The van der Waals surface area contributed by atoms with E-state index in [0.717, 1.165) is 29.9 Å². The molecule has 3 nitrogen and oxygen atoms in total. The lowest BCUT2D eigenvalue weighted by Crippen LogP contribution is -2.34. The molecule has 3 aliphatic rings. The van der Waals surface area contributed by atoms with Crippen molar-refractivity contribution in [1.82, 2.24) is 0 Å². The van der Waals surface area contributed by atoms with Crippen LogP contribution in [0.15, 0.2) is 18.2 Å². The van der Waals surface area contributed by atoms with Crippen molar-refractivity contribution in [2.75, 3.05) is 6.79 Å². The van der Waals surface area contributed by atoms with Gasteiger partial charge in [-0.25, -0.2) is 0 Å². The Balaban J connectivity index is 1.69. The molecule has 18 heavy (non-hydrogen) atoms. The summed E-state index contributed by atoms with van der Waals surface area (Å²) in [6.07, 6.45) is 4.24. The Morgan fingerprint density at radius 2 is 1.83 bits per heavy atom. The van der Waals surface area contributed by atoms with Crippen molar-refractivity contribution in [1.29, 1.82) is 0 Å². The van der Waals surface area contributed by atoms with Crippen molar-refractivity contribution in [3.63, 3.8) is 0 Å². The SMILES string of the molecule is OC1(c2ccc3c(c2)OCO3)CC2CCC(C1)S2. The van der Waals surface area contributed by atoms with Crippen molar-refractivity contribution in [2.45, 2.75) is 41.8 Å². The van der Waals surface area contributed by atoms with Crippen LogP contribution in [0.1, 0.15) is 31.2 Å². The molecule has 0 aromatic heterocycles. The molecule has 1 N–H and O–H groups in total. The zero-order valence-corrected chi connectivity index (χ0v) is 10.9. The number of thioether (sulfide) groups is 1. The third-order valence-corrected chi connectivity index (χ3v) is 5.81. The van der Waals surface area contributed by atoms with E-state index >= 15 is 0 Å². The summed E-state index contributed by atoms with van der Waals surface area (Å²) in [5.41, 5.74) is 0.321. The molecule has 4 heteroatoms. The van der Waals surface area contributed by atoms with E-state index < -0.39 is 5.60 Å².